The van der Waals surface area contributed by atoms with E-state index in [0.29, 0.717) is 6.04 Å². The van der Waals surface area contributed by atoms with Crippen LogP contribution < -0.4 is 5.32 Å². The van der Waals surface area contributed by atoms with Gasteiger partial charge >= 0.3 is 0 Å². The average molecular weight is 350 g/mol. The Labute approximate surface area is 112 Å². The number of hydrogen-bond donors (Lipinski definition) is 1. The highest BCUT2D eigenvalue weighted by Gasteiger charge is 2.13. The number of pyridine rings is 1. The Morgan fingerprint density at radius 1 is 1.38 bits per heavy atom. The lowest BCUT2D eigenvalue weighted by Gasteiger charge is -2.23. The van der Waals surface area contributed by atoms with Gasteiger partial charge in [0.15, 0.2) is 0 Å². The molecule has 1 aliphatic rings. The number of hydrogen-bond acceptors (Lipinski definition) is 3. The molecule has 1 saturated heterocycles. The first-order valence-corrected chi connectivity index (χ1v) is 6.95. The van der Waals surface area contributed by atoms with Crippen LogP contribution in [0.25, 0.3) is 0 Å². The molecule has 1 N–H and O–H groups in total. The first-order valence-electron chi connectivity index (χ1n) is 5.37. The predicted octanol–water partition coefficient (Wildman–Crippen LogP) is 2.88. The van der Waals surface area contributed by atoms with E-state index < -0.39 is 0 Å². The van der Waals surface area contributed by atoms with Gasteiger partial charge < -0.3 is 10.1 Å². The van der Waals surface area contributed by atoms with Crippen LogP contribution in [-0.2, 0) is 11.3 Å². The molecule has 0 radical (unpaired) electrons. The summed E-state index contributed by atoms with van der Waals surface area (Å²) < 4.78 is 7.36. The van der Waals surface area contributed by atoms with Crippen molar-refractivity contribution >= 4 is 31.9 Å². The Kier molecular flexibility index (Phi) is 4.76. The molecule has 0 aliphatic carbocycles. The minimum Gasteiger partial charge on any atom is -0.381 e. The second kappa shape index (κ2) is 6.10. The molecule has 3 nitrogen and oxygen atoms in total. The zero-order valence-electron chi connectivity index (χ0n) is 8.88. The van der Waals surface area contributed by atoms with Crippen LogP contribution in [-0.4, -0.2) is 24.2 Å². The van der Waals surface area contributed by atoms with Crippen LogP contribution in [0.1, 0.15) is 18.5 Å². The molecule has 0 spiro atoms. The van der Waals surface area contributed by atoms with Crippen molar-refractivity contribution < 1.29 is 4.74 Å². The van der Waals surface area contributed by atoms with Gasteiger partial charge in [0.1, 0.15) is 0 Å². The highest BCUT2D eigenvalue weighted by Crippen LogP contribution is 2.19. The number of nitrogens with one attached hydrogen (secondary N) is 1. The van der Waals surface area contributed by atoms with Gasteiger partial charge in [0, 0.05) is 40.9 Å². The number of halogens is 2. The van der Waals surface area contributed by atoms with Gasteiger partial charge in [0.2, 0.25) is 0 Å². The molecule has 0 amide bonds. The third-order valence-electron chi connectivity index (χ3n) is 2.66. The van der Waals surface area contributed by atoms with E-state index in [-0.39, 0.29) is 0 Å². The van der Waals surface area contributed by atoms with Crippen molar-refractivity contribution in [1.82, 2.24) is 10.3 Å². The van der Waals surface area contributed by atoms with Crippen molar-refractivity contribution in [2.45, 2.75) is 25.4 Å². The first-order chi connectivity index (χ1) is 7.75. The van der Waals surface area contributed by atoms with Gasteiger partial charge in [-0.3, -0.25) is 4.98 Å². The fourth-order valence-electron chi connectivity index (χ4n) is 1.72. The van der Waals surface area contributed by atoms with Crippen molar-refractivity contribution in [3.63, 3.8) is 0 Å². The molecule has 0 bridgehead atoms. The van der Waals surface area contributed by atoms with E-state index in [1.54, 1.807) is 0 Å². The summed E-state index contributed by atoms with van der Waals surface area (Å²) in [7, 11) is 0. The lowest BCUT2D eigenvalue weighted by atomic mass is 10.1. The van der Waals surface area contributed by atoms with E-state index in [2.05, 4.69) is 42.2 Å². The second-order valence-electron chi connectivity index (χ2n) is 3.85. The standard InChI is InChI=1S/C11H14Br2N2O/c12-8-5-10(13)11(15-6-8)7-14-9-1-3-16-4-2-9/h5-6,9,14H,1-4,7H2. The van der Waals surface area contributed by atoms with Crippen molar-refractivity contribution in [2.24, 2.45) is 0 Å². The maximum atomic E-state index is 5.32. The van der Waals surface area contributed by atoms with Crippen LogP contribution in [0.2, 0.25) is 0 Å². The zero-order valence-corrected chi connectivity index (χ0v) is 12.1. The Morgan fingerprint density at radius 3 is 2.81 bits per heavy atom. The second-order valence-corrected chi connectivity index (χ2v) is 5.62. The molecule has 2 heterocycles. The summed E-state index contributed by atoms with van der Waals surface area (Å²) in [4.78, 5) is 4.37. The Balaban J connectivity index is 1.88. The van der Waals surface area contributed by atoms with Crippen molar-refractivity contribution in [3.8, 4) is 0 Å². The molecule has 16 heavy (non-hydrogen) atoms. The molecule has 2 rings (SSSR count). The summed E-state index contributed by atoms with van der Waals surface area (Å²) in [6.07, 6.45) is 4.01. The molecule has 0 unspecified atom stereocenters. The summed E-state index contributed by atoms with van der Waals surface area (Å²) in [6, 6.07) is 2.58. The van der Waals surface area contributed by atoms with Crippen LogP contribution in [0.4, 0.5) is 0 Å². The van der Waals surface area contributed by atoms with Crippen molar-refractivity contribution in [3.05, 3.63) is 26.9 Å². The van der Waals surface area contributed by atoms with Crippen molar-refractivity contribution in [1.29, 1.82) is 0 Å². The van der Waals surface area contributed by atoms with Gasteiger partial charge in [-0.2, -0.15) is 0 Å². The molecule has 1 fully saturated rings. The SMILES string of the molecule is Brc1cnc(CNC2CCOCC2)c(Br)c1. The van der Waals surface area contributed by atoms with Gasteiger partial charge in [-0.05, 0) is 50.8 Å². The Hall–Kier alpha value is 0.0300. The lowest BCUT2D eigenvalue weighted by Crippen LogP contribution is -2.34. The van der Waals surface area contributed by atoms with Gasteiger partial charge in [0.25, 0.3) is 0 Å². The highest BCUT2D eigenvalue weighted by atomic mass is 79.9. The lowest BCUT2D eigenvalue weighted by molar-refractivity contribution is 0.0775. The molecular weight excluding hydrogens is 336 g/mol. The number of rotatable bonds is 3. The number of aromatic nitrogens is 1. The van der Waals surface area contributed by atoms with Gasteiger partial charge in [-0.25, -0.2) is 0 Å². The summed E-state index contributed by atoms with van der Waals surface area (Å²) in [6.45, 7) is 2.54. The number of ether oxygens (including phenoxy) is 1. The molecule has 0 aromatic carbocycles. The van der Waals surface area contributed by atoms with Gasteiger partial charge in [0.05, 0.1) is 5.69 Å². The van der Waals surface area contributed by atoms with E-state index in [4.69, 9.17) is 4.74 Å². The Morgan fingerprint density at radius 2 is 2.12 bits per heavy atom. The first kappa shape index (κ1) is 12.5. The predicted molar refractivity (Wildman–Crippen MR) is 70.3 cm³/mol. The van der Waals surface area contributed by atoms with E-state index >= 15 is 0 Å². The van der Waals surface area contributed by atoms with E-state index in [1.165, 1.54) is 0 Å². The Bertz CT molecular complexity index is 354. The largest absolute Gasteiger partial charge is 0.381 e. The van der Waals surface area contributed by atoms with E-state index in [1.807, 2.05) is 12.3 Å². The zero-order chi connectivity index (χ0) is 11.4. The molecule has 0 saturated carbocycles. The van der Waals surface area contributed by atoms with Crippen molar-refractivity contribution in [2.75, 3.05) is 13.2 Å². The van der Waals surface area contributed by atoms with Gasteiger partial charge in [-0.15, -0.1) is 0 Å². The third-order valence-corrected chi connectivity index (χ3v) is 3.78. The molecule has 1 aromatic heterocycles. The van der Waals surface area contributed by atoms with Crippen LogP contribution in [0.15, 0.2) is 21.2 Å². The maximum Gasteiger partial charge on any atom is 0.0684 e. The fraction of sp³-hybridized carbons (Fsp3) is 0.545. The summed E-state index contributed by atoms with van der Waals surface area (Å²) in [5.74, 6) is 0. The molecule has 1 aliphatic heterocycles. The topological polar surface area (TPSA) is 34.2 Å². The highest BCUT2D eigenvalue weighted by molar-refractivity contribution is 9.11. The summed E-state index contributed by atoms with van der Waals surface area (Å²) in [5, 5.41) is 3.51. The quantitative estimate of drug-likeness (QED) is 0.911. The summed E-state index contributed by atoms with van der Waals surface area (Å²) >= 11 is 6.91. The maximum absolute atomic E-state index is 5.32. The van der Waals surface area contributed by atoms with E-state index in [9.17, 15) is 0 Å². The molecule has 1 aromatic rings. The van der Waals surface area contributed by atoms with Gasteiger partial charge in [-0.1, -0.05) is 0 Å². The molecular formula is C11H14Br2N2O. The van der Waals surface area contributed by atoms with Crippen LogP contribution in [0.3, 0.4) is 0 Å². The molecule has 5 heteroatoms. The minimum atomic E-state index is 0.561. The van der Waals surface area contributed by atoms with Crippen LogP contribution in [0, 0.1) is 0 Å². The third kappa shape index (κ3) is 3.52. The normalized spacial score (nSPS) is 17.6. The minimum absolute atomic E-state index is 0.561. The fourth-order valence-corrected chi connectivity index (χ4v) is 2.84. The monoisotopic (exact) mass is 348 g/mol. The average Bonchev–Trinajstić information content (AvgIpc) is 2.29. The number of nitrogens with zero attached hydrogens (tertiary/aromatic N) is 1. The smallest absolute Gasteiger partial charge is 0.0684 e. The van der Waals surface area contributed by atoms with Crippen LogP contribution in [0.5, 0.6) is 0 Å². The molecule has 88 valence electrons. The summed E-state index contributed by atoms with van der Waals surface area (Å²) in [5.41, 5.74) is 1.05. The van der Waals surface area contributed by atoms with Crippen LogP contribution >= 0.6 is 31.9 Å². The van der Waals surface area contributed by atoms with E-state index in [0.717, 1.165) is 47.2 Å². The molecule has 0 atom stereocenters.